The van der Waals surface area contributed by atoms with Crippen LogP contribution in [0.1, 0.15) is 11.1 Å². The Morgan fingerprint density at radius 2 is 1.00 bits per heavy atom. The maximum atomic E-state index is 3.72. The highest BCUT2D eigenvalue weighted by Gasteiger charge is 2.28. The van der Waals surface area contributed by atoms with Gasteiger partial charge in [-0.1, -0.05) is 92.5 Å². The van der Waals surface area contributed by atoms with Crippen molar-refractivity contribution in [1.82, 2.24) is 0 Å². The van der Waals surface area contributed by atoms with E-state index in [1.807, 2.05) is 0 Å². The van der Waals surface area contributed by atoms with Gasteiger partial charge in [0.15, 0.2) is 0 Å². The van der Waals surface area contributed by atoms with E-state index in [1.165, 1.54) is 11.1 Å². The third-order valence-corrected chi connectivity index (χ3v) is 5.79. The summed E-state index contributed by atoms with van der Waals surface area (Å²) < 4.78 is 0. The molecule has 0 bridgehead atoms. The highest BCUT2D eigenvalue weighted by Crippen LogP contribution is 2.32. The lowest BCUT2D eigenvalue weighted by atomic mass is 9.80. The molecule has 0 aliphatic heterocycles. The average molecular weight is 382 g/mol. The van der Waals surface area contributed by atoms with E-state index >= 15 is 0 Å². The van der Waals surface area contributed by atoms with Crippen LogP contribution in [-0.4, -0.2) is 10.7 Å². The van der Waals surface area contributed by atoms with Gasteiger partial charge in [-0.25, -0.2) is 0 Å². The quantitative estimate of drug-likeness (QED) is 0.599. The summed E-state index contributed by atoms with van der Waals surface area (Å²) in [6.07, 6.45) is 2.17. The first-order chi connectivity index (χ1) is 9.28. The molecule has 0 fully saturated rings. The van der Waals surface area contributed by atoms with Gasteiger partial charge in [-0.2, -0.15) is 0 Å². The van der Waals surface area contributed by atoms with E-state index < -0.39 is 0 Å². The van der Waals surface area contributed by atoms with E-state index in [0.29, 0.717) is 0 Å². The van der Waals surface area contributed by atoms with Gasteiger partial charge in [-0.05, 0) is 29.4 Å². The van der Waals surface area contributed by atoms with Crippen LogP contribution in [0.3, 0.4) is 0 Å². The number of hydrogen-bond acceptors (Lipinski definition) is 0. The Hall–Kier alpha value is -0.600. The predicted octanol–water partition coefficient (Wildman–Crippen LogP) is 5.25. The van der Waals surface area contributed by atoms with Gasteiger partial charge < -0.3 is 0 Å². The van der Waals surface area contributed by atoms with Crippen molar-refractivity contribution in [3.8, 4) is 0 Å². The van der Waals surface area contributed by atoms with Gasteiger partial charge in [0.2, 0.25) is 0 Å². The monoisotopic (exact) mass is 380 g/mol. The van der Waals surface area contributed by atoms with Gasteiger partial charge in [-0.3, -0.25) is 0 Å². The van der Waals surface area contributed by atoms with Crippen LogP contribution in [0.15, 0.2) is 60.7 Å². The molecule has 0 nitrogen and oxygen atoms in total. The minimum absolute atomic E-state index is 0.225. The van der Waals surface area contributed by atoms with E-state index in [0.717, 1.165) is 23.5 Å². The Morgan fingerprint density at radius 1 is 0.632 bits per heavy atom. The van der Waals surface area contributed by atoms with Gasteiger partial charge >= 0.3 is 0 Å². The van der Waals surface area contributed by atoms with Crippen molar-refractivity contribution in [3.63, 3.8) is 0 Å². The molecule has 0 amide bonds. The largest absolute Gasteiger partial charge is 0.0921 e. The maximum Gasteiger partial charge on any atom is 0.0102 e. The van der Waals surface area contributed by atoms with E-state index in [-0.39, 0.29) is 5.41 Å². The molecule has 0 aliphatic carbocycles. The summed E-state index contributed by atoms with van der Waals surface area (Å²) in [5.74, 6) is 0. The molecule has 2 heteroatoms. The molecule has 100 valence electrons. The van der Waals surface area contributed by atoms with Crippen LogP contribution in [0.2, 0.25) is 0 Å². The smallest absolute Gasteiger partial charge is 0.0102 e. The molecule has 2 rings (SSSR count). The van der Waals surface area contributed by atoms with Crippen LogP contribution >= 0.6 is 31.9 Å². The van der Waals surface area contributed by atoms with Crippen molar-refractivity contribution >= 4 is 31.9 Å². The van der Waals surface area contributed by atoms with Gasteiger partial charge in [-0.15, -0.1) is 0 Å². The Labute approximate surface area is 132 Å². The van der Waals surface area contributed by atoms with Crippen LogP contribution in [-0.2, 0) is 12.8 Å². The Morgan fingerprint density at radius 3 is 1.32 bits per heavy atom. The summed E-state index contributed by atoms with van der Waals surface area (Å²) in [4.78, 5) is 0. The summed E-state index contributed by atoms with van der Waals surface area (Å²) in [7, 11) is 0. The van der Waals surface area contributed by atoms with Crippen molar-refractivity contribution in [1.29, 1.82) is 0 Å². The number of benzene rings is 2. The van der Waals surface area contributed by atoms with E-state index in [4.69, 9.17) is 0 Å². The summed E-state index contributed by atoms with van der Waals surface area (Å²) >= 11 is 7.44. The first kappa shape index (κ1) is 14.8. The highest BCUT2D eigenvalue weighted by molar-refractivity contribution is 9.09. The van der Waals surface area contributed by atoms with Crippen LogP contribution < -0.4 is 0 Å². The Bertz CT molecular complexity index is 432. The molecule has 0 saturated carbocycles. The van der Waals surface area contributed by atoms with Crippen LogP contribution in [0.25, 0.3) is 0 Å². The molecule has 19 heavy (non-hydrogen) atoms. The lowest BCUT2D eigenvalue weighted by molar-refractivity contribution is 0.386. The van der Waals surface area contributed by atoms with Crippen molar-refractivity contribution in [2.24, 2.45) is 5.41 Å². The normalized spacial score (nSPS) is 11.5. The number of alkyl halides is 2. The third kappa shape index (κ3) is 4.19. The fourth-order valence-electron chi connectivity index (χ4n) is 2.34. The van der Waals surface area contributed by atoms with Crippen molar-refractivity contribution in [3.05, 3.63) is 71.8 Å². The molecular formula is C17H18Br2. The first-order valence-electron chi connectivity index (χ1n) is 6.48. The molecule has 0 spiro atoms. The fraction of sp³-hybridized carbons (Fsp3) is 0.294. The highest BCUT2D eigenvalue weighted by atomic mass is 79.9. The predicted molar refractivity (Wildman–Crippen MR) is 90.3 cm³/mol. The fourth-order valence-corrected chi connectivity index (χ4v) is 4.07. The summed E-state index contributed by atoms with van der Waals surface area (Å²) in [6, 6.07) is 21.5. The first-order valence-corrected chi connectivity index (χ1v) is 8.72. The second kappa shape index (κ2) is 7.25. The minimum Gasteiger partial charge on any atom is -0.0921 e. The molecule has 0 unspecified atom stereocenters. The van der Waals surface area contributed by atoms with Gasteiger partial charge in [0, 0.05) is 10.7 Å². The second-order valence-electron chi connectivity index (χ2n) is 5.09. The SMILES string of the molecule is BrCC(CBr)(Cc1ccccc1)Cc1ccccc1. The van der Waals surface area contributed by atoms with Gasteiger partial charge in [0.25, 0.3) is 0 Å². The summed E-state index contributed by atoms with van der Waals surface area (Å²) in [5.41, 5.74) is 3.03. The second-order valence-corrected chi connectivity index (χ2v) is 6.21. The lowest BCUT2D eigenvalue weighted by Crippen LogP contribution is -2.30. The zero-order chi connectivity index (χ0) is 13.6. The third-order valence-electron chi connectivity index (χ3n) is 3.41. The van der Waals surface area contributed by atoms with Crippen LogP contribution in [0.5, 0.6) is 0 Å². The zero-order valence-corrected chi connectivity index (χ0v) is 14.0. The lowest BCUT2D eigenvalue weighted by Gasteiger charge is -2.30. The van der Waals surface area contributed by atoms with Crippen LogP contribution in [0, 0.1) is 5.41 Å². The standard InChI is InChI=1S/C17H18Br2/c18-13-17(14-19,11-15-7-3-1-4-8-15)12-16-9-5-2-6-10-16/h1-10H,11-14H2. The molecule has 0 radical (unpaired) electrons. The molecule has 0 atom stereocenters. The Kier molecular flexibility index (Phi) is 5.65. The molecule has 0 N–H and O–H groups in total. The Balaban J connectivity index is 2.18. The molecule has 2 aromatic carbocycles. The van der Waals surface area contributed by atoms with Crippen LogP contribution in [0.4, 0.5) is 0 Å². The molecule has 0 heterocycles. The van der Waals surface area contributed by atoms with Gasteiger partial charge in [0.1, 0.15) is 0 Å². The van der Waals surface area contributed by atoms with E-state index in [2.05, 4.69) is 92.5 Å². The van der Waals surface area contributed by atoms with E-state index in [1.54, 1.807) is 0 Å². The van der Waals surface area contributed by atoms with E-state index in [9.17, 15) is 0 Å². The van der Waals surface area contributed by atoms with Crippen molar-refractivity contribution < 1.29 is 0 Å². The molecule has 0 aliphatic rings. The van der Waals surface area contributed by atoms with Crippen molar-refractivity contribution in [2.75, 3.05) is 10.7 Å². The maximum absolute atomic E-state index is 3.72. The molecular weight excluding hydrogens is 364 g/mol. The number of hydrogen-bond donors (Lipinski definition) is 0. The molecule has 2 aromatic rings. The minimum atomic E-state index is 0.225. The average Bonchev–Trinajstić information content (AvgIpc) is 2.48. The van der Waals surface area contributed by atoms with Crippen molar-refractivity contribution in [2.45, 2.75) is 12.8 Å². The zero-order valence-electron chi connectivity index (χ0n) is 10.9. The molecule has 0 aromatic heterocycles. The molecule has 0 saturated heterocycles. The summed E-state index contributed by atoms with van der Waals surface area (Å²) in [6.45, 7) is 0. The van der Waals surface area contributed by atoms with Gasteiger partial charge in [0.05, 0.1) is 0 Å². The number of rotatable bonds is 6. The topological polar surface area (TPSA) is 0 Å². The number of halogens is 2. The summed E-state index contributed by atoms with van der Waals surface area (Å²) in [5, 5.41) is 1.99.